The van der Waals surface area contributed by atoms with Crippen LogP contribution in [-0.4, -0.2) is 20.2 Å². The second-order valence-corrected chi connectivity index (χ2v) is 5.17. The Morgan fingerprint density at radius 2 is 2.21 bits per heavy atom. The minimum absolute atomic E-state index is 0.313. The van der Waals surface area contributed by atoms with Crippen molar-refractivity contribution in [1.29, 1.82) is 0 Å². The molecule has 3 nitrogen and oxygen atoms in total. The Labute approximate surface area is 113 Å². The number of carbonyl (C=O) groups is 1. The Hall–Kier alpha value is -1.77. The Morgan fingerprint density at radius 3 is 2.95 bits per heavy atom. The van der Waals surface area contributed by atoms with Crippen molar-refractivity contribution in [2.75, 3.05) is 14.2 Å². The summed E-state index contributed by atoms with van der Waals surface area (Å²) in [6, 6.07) is 0. The van der Waals surface area contributed by atoms with Crippen LogP contribution in [0, 0.1) is 11.8 Å². The fourth-order valence-electron chi connectivity index (χ4n) is 3.52. The number of hydrogen-bond acceptors (Lipinski definition) is 3. The molecule has 3 heteroatoms. The highest BCUT2D eigenvalue weighted by molar-refractivity contribution is 5.83. The Kier molecular flexibility index (Phi) is 3.05. The second kappa shape index (κ2) is 4.72. The second-order valence-electron chi connectivity index (χ2n) is 5.17. The summed E-state index contributed by atoms with van der Waals surface area (Å²) in [4.78, 5) is 11.2. The monoisotopic (exact) mass is 258 g/mol. The first-order valence-electron chi connectivity index (χ1n) is 6.71. The molecule has 0 N–H and O–H groups in total. The van der Waals surface area contributed by atoms with Gasteiger partial charge in [-0.1, -0.05) is 11.6 Å². The van der Waals surface area contributed by atoms with E-state index in [2.05, 4.69) is 4.74 Å². The fourth-order valence-corrected chi connectivity index (χ4v) is 3.52. The number of ether oxygens (including phenoxy) is 2. The van der Waals surface area contributed by atoms with E-state index in [9.17, 15) is 4.79 Å². The molecule has 0 heterocycles. The molecule has 3 aliphatic rings. The molecule has 0 aromatic rings. The first kappa shape index (κ1) is 12.3. The van der Waals surface area contributed by atoms with E-state index < -0.39 is 0 Å². The predicted octanol–water partition coefficient (Wildman–Crippen LogP) is 2.91. The van der Waals surface area contributed by atoms with Gasteiger partial charge in [0.1, 0.15) is 5.76 Å². The van der Waals surface area contributed by atoms with Crippen LogP contribution in [0.4, 0.5) is 0 Å². The van der Waals surface area contributed by atoms with Crippen molar-refractivity contribution < 1.29 is 14.3 Å². The van der Waals surface area contributed by atoms with Gasteiger partial charge in [0.05, 0.1) is 14.2 Å². The van der Waals surface area contributed by atoms with E-state index in [1.54, 1.807) is 12.7 Å². The average Bonchev–Trinajstić information content (AvgIpc) is 2.83. The maximum absolute atomic E-state index is 11.2. The molecule has 19 heavy (non-hydrogen) atoms. The van der Waals surface area contributed by atoms with Crippen LogP contribution in [0.25, 0.3) is 0 Å². The van der Waals surface area contributed by atoms with E-state index in [4.69, 9.17) is 4.74 Å². The molecular formula is C16H18O3. The van der Waals surface area contributed by atoms with Crippen molar-refractivity contribution >= 4 is 5.97 Å². The van der Waals surface area contributed by atoms with Crippen molar-refractivity contribution in [2.24, 2.45) is 11.8 Å². The zero-order valence-electron chi connectivity index (χ0n) is 11.3. The molecule has 100 valence electrons. The van der Waals surface area contributed by atoms with Gasteiger partial charge in [-0.05, 0) is 48.5 Å². The van der Waals surface area contributed by atoms with Gasteiger partial charge in [0.15, 0.2) is 0 Å². The summed E-state index contributed by atoms with van der Waals surface area (Å²) in [5, 5.41) is 0. The maximum atomic E-state index is 11.2. The van der Waals surface area contributed by atoms with E-state index in [-0.39, 0.29) is 5.97 Å². The molecule has 0 bridgehead atoms. The van der Waals surface area contributed by atoms with E-state index in [0.29, 0.717) is 11.8 Å². The van der Waals surface area contributed by atoms with E-state index >= 15 is 0 Å². The fraction of sp³-hybridized carbons (Fsp3) is 0.438. The number of rotatable bonds is 3. The third-order valence-corrected chi connectivity index (χ3v) is 4.35. The molecule has 0 saturated heterocycles. The van der Waals surface area contributed by atoms with E-state index in [0.717, 1.165) is 11.3 Å². The number of carbonyl (C=O) groups excluding carboxylic acids is 1. The van der Waals surface area contributed by atoms with Crippen molar-refractivity contribution in [1.82, 2.24) is 0 Å². The van der Waals surface area contributed by atoms with Crippen LogP contribution >= 0.6 is 0 Å². The van der Waals surface area contributed by atoms with Gasteiger partial charge in [-0.3, -0.25) is 0 Å². The minimum atomic E-state index is -0.313. The number of methoxy groups -OCH3 is 2. The summed E-state index contributed by atoms with van der Waals surface area (Å²) in [6.45, 7) is 0. The molecule has 0 aliphatic heterocycles. The number of allylic oxidation sites excluding steroid dienone is 6. The quantitative estimate of drug-likeness (QED) is 0.577. The van der Waals surface area contributed by atoms with Gasteiger partial charge in [0.25, 0.3) is 0 Å². The largest absolute Gasteiger partial charge is 0.500 e. The summed E-state index contributed by atoms with van der Waals surface area (Å²) < 4.78 is 10.1. The molecule has 3 aliphatic carbocycles. The number of fused-ring (bicyclic) bond motifs is 3. The van der Waals surface area contributed by atoms with Crippen molar-refractivity contribution in [3.8, 4) is 0 Å². The maximum Gasteiger partial charge on any atom is 0.330 e. The van der Waals surface area contributed by atoms with Crippen LogP contribution in [0.3, 0.4) is 0 Å². The van der Waals surface area contributed by atoms with Crippen molar-refractivity contribution in [3.05, 3.63) is 46.8 Å². The van der Waals surface area contributed by atoms with E-state index in [1.807, 2.05) is 18.2 Å². The van der Waals surface area contributed by atoms with Gasteiger partial charge in [-0.15, -0.1) is 0 Å². The van der Waals surface area contributed by atoms with Gasteiger partial charge in [-0.2, -0.15) is 0 Å². The number of hydrogen-bond donors (Lipinski definition) is 0. The third-order valence-electron chi connectivity index (χ3n) is 4.35. The molecule has 2 atom stereocenters. The van der Waals surface area contributed by atoms with Gasteiger partial charge in [-0.25, -0.2) is 4.79 Å². The van der Waals surface area contributed by atoms with Crippen LogP contribution in [-0.2, 0) is 14.3 Å². The van der Waals surface area contributed by atoms with Crippen molar-refractivity contribution in [2.45, 2.75) is 19.3 Å². The molecule has 0 aromatic heterocycles. The first-order valence-corrected chi connectivity index (χ1v) is 6.71. The smallest absolute Gasteiger partial charge is 0.330 e. The van der Waals surface area contributed by atoms with Crippen LogP contribution in [0.1, 0.15) is 19.3 Å². The minimum Gasteiger partial charge on any atom is -0.500 e. The normalized spacial score (nSPS) is 28.3. The molecule has 0 aromatic carbocycles. The lowest BCUT2D eigenvalue weighted by Crippen LogP contribution is -2.32. The molecular weight excluding hydrogens is 240 g/mol. The summed E-state index contributed by atoms with van der Waals surface area (Å²) in [7, 11) is 3.13. The standard InChI is InChI=1S/C16H18O3/c1-18-13-8-6-10(7-9-14(17)19-2)15-11-4-3-5-12(11)16(13)15/h6-9,12,16H,3-5H2,1-2H3. The highest BCUT2D eigenvalue weighted by Gasteiger charge is 2.46. The summed E-state index contributed by atoms with van der Waals surface area (Å²) >= 11 is 0. The van der Waals surface area contributed by atoms with Crippen LogP contribution in [0.2, 0.25) is 0 Å². The molecule has 1 saturated carbocycles. The van der Waals surface area contributed by atoms with E-state index in [1.165, 1.54) is 38.0 Å². The zero-order valence-corrected chi connectivity index (χ0v) is 11.3. The molecule has 2 unspecified atom stereocenters. The Bertz CT molecular complexity index is 534. The Balaban J connectivity index is 1.94. The van der Waals surface area contributed by atoms with Gasteiger partial charge in [0, 0.05) is 12.0 Å². The third kappa shape index (κ3) is 1.84. The molecule has 1 fully saturated rings. The number of esters is 1. The molecule has 3 rings (SSSR count). The average molecular weight is 258 g/mol. The van der Waals surface area contributed by atoms with Crippen LogP contribution < -0.4 is 0 Å². The van der Waals surface area contributed by atoms with Gasteiger partial charge >= 0.3 is 5.97 Å². The topological polar surface area (TPSA) is 35.5 Å². The first-order chi connectivity index (χ1) is 9.26. The molecule has 0 spiro atoms. The SMILES string of the molecule is COC(=O)C=CC1=CC=C(OC)C2C1=C1CCCC12. The lowest BCUT2D eigenvalue weighted by atomic mass is 9.64. The van der Waals surface area contributed by atoms with Crippen LogP contribution in [0.15, 0.2) is 46.8 Å². The summed E-state index contributed by atoms with van der Waals surface area (Å²) in [5.74, 6) is 1.81. The summed E-state index contributed by atoms with van der Waals surface area (Å²) in [6.07, 6.45) is 11.1. The highest BCUT2D eigenvalue weighted by atomic mass is 16.5. The predicted molar refractivity (Wildman–Crippen MR) is 72.2 cm³/mol. The molecule has 0 amide bonds. The lowest BCUT2D eigenvalue weighted by molar-refractivity contribution is -0.134. The van der Waals surface area contributed by atoms with Crippen LogP contribution in [0.5, 0.6) is 0 Å². The summed E-state index contributed by atoms with van der Waals surface area (Å²) in [5.41, 5.74) is 4.07. The van der Waals surface area contributed by atoms with Gasteiger partial charge < -0.3 is 9.47 Å². The van der Waals surface area contributed by atoms with Gasteiger partial charge in [0.2, 0.25) is 0 Å². The van der Waals surface area contributed by atoms with Crippen molar-refractivity contribution in [3.63, 3.8) is 0 Å². The molecule has 0 radical (unpaired) electrons. The Morgan fingerprint density at radius 1 is 1.37 bits per heavy atom. The highest BCUT2D eigenvalue weighted by Crippen LogP contribution is 2.57. The lowest BCUT2D eigenvalue weighted by Gasteiger charge is -2.41. The zero-order chi connectivity index (χ0) is 13.4.